The van der Waals surface area contributed by atoms with E-state index in [2.05, 4.69) is 10.6 Å². The Morgan fingerprint density at radius 2 is 1.66 bits per heavy atom. The van der Waals surface area contributed by atoms with Crippen molar-refractivity contribution in [2.45, 2.75) is 33.4 Å². The molecule has 0 saturated carbocycles. The van der Waals surface area contributed by atoms with Crippen molar-refractivity contribution in [3.05, 3.63) is 59.7 Å². The van der Waals surface area contributed by atoms with Crippen LogP contribution in [-0.2, 0) is 11.3 Å². The molecule has 2 N–H and O–H groups in total. The Kier molecular flexibility index (Phi) is 9.40. The summed E-state index contributed by atoms with van der Waals surface area (Å²) in [6, 6.07) is 14.6. The minimum atomic E-state index is -0.274. The number of benzene rings is 2. The Morgan fingerprint density at radius 3 is 2.28 bits per heavy atom. The first kappa shape index (κ1) is 22.6. The highest BCUT2D eigenvalue weighted by molar-refractivity contribution is 7.80. The molecule has 0 fully saturated rings. The van der Waals surface area contributed by atoms with Crippen molar-refractivity contribution in [3.63, 3.8) is 0 Å². The molecule has 0 radical (unpaired) electrons. The normalized spacial score (nSPS) is 10.5. The maximum Gasteiger partial charge on any atom is 0.257 e. The number of carbonyl (C=O) groups is 1. The molecule has 7 heteroatoms. The molecular weight excluding hydrogens is 388 g/mol. The van der Waals surface area contributed by atoms with E-state index < -0.39 is 0 Å². The standard InChI is InChI=1S/C22H28N2O4S/c1-4-26-13-14-27-19-11-7-18(8-12-19)21(25)24-22(29)23-15-17-5-9-20(10-6-17)28-16(2)3/h5-12,16H,4,13-15H2,1-3H3,(H2,23,24,25,29). The van der Waals surface area contributed by atoms with Crippen LogP contribution in [0.2, 0.25) is 0 Å². The lowest BCUT2D eigenvalue weighted by molar-refractivity contribution is 0.0976. The van der Waals surface area contributed by atoms with Crippen molar-refractivity contribution in [3.8, 4) is 11.5 Å². The second-order valence-electron chi connectivity index (χ2n) is 6.52. The first-order chi connectivity index (χ1) is 14.0. The van der Waals surface area contributed by atoms with E-state index in [-0.39, 0.29) is 17.1 Å². The Hall–Kier alpha value is -2.64. The number of carbonyl (C=O) groups excluding carboxylic acids is 1. The van der Waals surface area contributed by atoms with Gasteiger partial charge in [0, 0.05) is 18.7 Å². The van der Waals surface area contributed by atoms with Gasteiger partial charge in [0.05, 0.1) is 12.7 Å². The summed E-state index contributed by atoms with van der Waals surface area (Å²) in [4.78, 5) is 12.3. The third kappa shape index (κ3) is 8.50. The lowest BCUT2D eigenvalue weighted by Crippen LogP contribution is -2.38. The first-order valence-corrected chi connectivity index (χ1v) is 10.0. The van der Waals surface area contributed by atoms with Crippen LogP contribution in [0.15, 0.2) is 48.5 Å². The molecule has 2 rings (SSSR count). The zero-order valence-corrected chi connectivity index (χ0v) is 17.9. The topological polar surface area (TPSA) is 68.8 Å². The van der Waals surface area contributed by atoms with Crippen molar-refractivity contribution in [2.24, 2.45) is 0 Å². The number of nitrogens with one attached hydrogen (secondary N) is 2. The third-order valence-electron chi connectivity index (χ3n) is 3.79. The third-order valence-corrected chi connectivity index (χ3v) is 4.04. The summed E-state index contributed by atoms with van der Waals surface area (Å²) in [6.07, 6.45) is 0.137. The molecule has 0 aliphatic heterocycles. The molecule has 0 atom stereocenters. The van der Waals surface area contributed by atoms with Crippen LogP contribution >= 0.6 is 12.2 Å². The van der Waals surface area contributed by atoms with Gasteiger partial charge in [0.2, 0.25) is 0 Å². The average Bonchev–Trinajstić information content (AvgIpc) is 2.71. The van der Waals surface area contributed by atoms with Gasteiger partial charge in [-0.2, -0.15) is 0 Å². The molecule has 0 aliphatic rings. The maximum absolute atomic E-state index is 12.3. The smallest absolute Gasteiger partial charge is 0.257 e. The molecule has 156 valence electrons. The van der Waals surface area contributed by atoms with Crippen LogP contribution in [0.25, 0.3) is 0 Å². The quantitative estimate of drug-likeness (QED) is 0.455. The van der Waals surface area contributed by atoms with E-state index in [9.17, 15) is 4.79 Å². The second-order valence-corrected chi connectivity index (χ2v) is 6.93. The molecule has 0 spiro atoms. The van der Waals surface area contributed by atoms with Gasteiger partial charge in [-0.15, -0.1) is 0 Å². The minimum Gasteiger partial charge on any atom is -0.491 e. The van der Waals surface area contributed by atoms with Crippen LogP contribution in [0, 0.1) is 0 Å². The van der Waals surface area contributed by atoms with Crippen LogP contribution < -0.4 is 20.1 Å². The van der Waals surface area contributed by atoms with E-state index in [1.54, 1.807) is 24.3 Å². The summed E-state index contributed by atoms with van der Waals surface area (Å²) < 4.78 is 16.4. The average molecular weight is 417 g/mol. The molecule has 2 aromatic carbocycles. The van der Waals surface area contributed by atoms with Crippen LogP contribution in [0.3, 0.4) is 0 Å². The van der Waals surface area contributed by atoms with Crippen molar-refractivity contribution < 1.29 is 19.0 Å². The molecule has 29 heavy (non-hydrogen) atoms. The maximum atomic E-state index is 12.3. The summed E-state index contributed by atoms with van der Waals surface area (Å²) in [7, 11) is 0. The van der Waals surface area contributed by atoms with Crippen molar-refractivity contribution in [1.82, 2.24) is 10.6 Å². The van der Waals surface area contributed by atoms with Gasteiger partial charge in [-0.05, 0) is 75.0 Å². The van der Waals surface area contributed by atoms with E-state index in [4.69, 9.17) is 26.4 Å². The predicted octanol–water partition coefficient (Wildman–Crippen LogP) is 3.69. The minimum absolute atomic E-state index is 0.137. The Balaban J connectivity index is 1.76. The van der Waals surface area contributed by atoms with Gasteiger partial charge in [-0.25, -0.2) is 0 Å². The fourth-order valence-electron chi connectivity index (χ4n) is 2.43. The highest BCUT2D eigenvalue weighted by atomic mass is 32.1. The first-order valence-electron chi connectivity index (χ1n) is 9.63. The van der Waals surface area contributed by atoms with Crippen molar-refractivity contribution >= 4 is 23.2 Å². The van der Waals surface area contributed by atoms with E-state index in [1.165, 1.54) is 0 Å². The van der Waals surface area contributed by atoms with Gasteiger partial charge in [0.15, 0.2) is 5.11 Å². The highest BCUT2D eigenvalue weighted by Gasteiger charge is 2.08. The Morgan fingerprint density at radius 1 is 1.00 bits per heavy atom. The highest BCUT2D eigenvalue weighted by Crippen LogP contribution is 2.14. The largest absolute Gasteiger partial charge is 0.491 e. The number of rotatable bonds is 10. The van der Waals surface area contributed by atoms with E-state index in [0.29, 0.717) is 37.7 Å². The molecule has 6 nitrogen and oxygen atoms in total. The Labute approximate surface area is 177 Å². The van der Waals surface area contributed by atoms with E-state index in [1.807, 2.05) is 45.0 Å². The summed E-state index contributed by atoms with van der Waals surface area (Å²) in [5.74, 6) is 1.24. The van der Waals surface area contributed by atoms with Crippen LogP contribution in [0.4, 0.5) is 0 Å². The molecule has 0 saturated heterocycles. The monoisotopic (exact) mass is 416 g/mol. The zero-order chi connectivity index (χ0) is 21.1. The second kappa shape index (κ2) is 12.0. The van der Waals surface area contributed by atoms with Gasteiger partial charge in [0.25, 0.3) is 5.91 Å². The summed E-state index contributed by atoms with van der Waals surface area (Å²) >= 11 is 5.21. The predicted molar refractivity (Wildman–Crippen MR) is 118 cm³/mol. The molecule has 0 heterocycles. The van der Waals surface area contributed by atoms with Crippen LogP contribution in [0.1, 0.15) is 36.7 Å². The number of ether oxygens (including phenoxy) is 3. The van der Waals surface area contributed by atoms with Crippen molar-refractivity contribution in [1.29, 1.82) is 0 Å². The van der Waals surface area contributed by atoms with E-state index >= 15 is 0 Å². The molecule has 0 unspecified atom stereocenters. The molecular formula is C22H28N2O4S. The summed E-state index contributed by atoms with van der Waals surface area (Å²) in [6.45, 7) is 8.08. The lowest BCUT2D eigenvalue weighted by atomic mass is 10.2. The van der Waals surface area contributed by atoms with Gasteiger partial charge < -0.3 is 19.5 Å². The molecule has 0 aromatic heterocycles. The van der Waals surface area contributed by atoms with Gasteiger partial charge in [-0.1, -0.05) is 12.1 Å². The number of thiocarbonyl (C=S) groups is 1. The van der Waals surface area contributed by atoms with Crippen LogP contribution in [0.5, 0.6) is 11.5 Å². The Bertz CT molecular complexity index is 776. The van der Waals surface area contributed by atoms with Gasteiger partial charge in [-0.3, -0.25) is 10.1 Å². The zero-order valence-electron chi connectivity index (χ0n) is 17.1. The van der Waals surface area contributed by atoms with Crippen molar-refractivity contribution in [2.75, 3.05) is 19.8 Å². The number of hydrogen-bond donors (Lipinski definition) is 2. The molecule has 2 aromatic rings. The number of hydrogen-bond acceptors (Lipinski definition) is 5. The molecule has 0 aliphatic carbocycles. The fraction of sp³-hybridized carbons (Fsp3) is 0.364. The number of amides is 1. The van der Waals surface area contributed by atoms with E-state index in [0.717, 1.165) is 11.3 Å². The van der Waals surface area contributed by atoms with Gasteiger partial charge >= 0.3 is 0 Å². The summed E-state index contributed by atoms with van der Waals surface area (Å²) in [5.41, 5.74) is 1.53. The molecule has 1 amide bonds. The van der Waals surface area contributed by atoms with Gasteiger partial charge in [0.1, 0.15) is 18.1 Å². The lowest BCUT2D eigenvalue weighted by Gasteiger charge is -2.12. The SMILES string of the molecule is CCOCCOc1ccc(C(=O)NC(=S)NCc2ccc(OC(C)C)cc2)cc1. The molecule has 0 bridgehead atoms. The van der Waals surface area contributed by atoms with Crippen LogP contribution in [-0.4, -0.2) is 36.9 Å². The summed E-state index contributed by atoms with van der Waals surface area (Å²) in [5, 5.41) is 5.98. The fourth-order valence-corrected chi connectivity index (χ4v) is 2.59.